The van der Waals surface area contributed by atoms with Gasteiger partial charge in [0, 0.05) is 29.4 Å². The van der Waals surface area contributed by atoms with Crippen molar-refractivity contribution in [2.24, 2.45) is 0 Å². The molecule has 1 aliphatic rings. The Morgan fingerprint density at radius 2 is 1.69 bits per heavy atom. The highest BCUT2D eigenvalue weighted by molar-refractivity contribution is 5.95. The van der Waals surface area contributed by atoms with Crippen LogP contribution < -0.4 is 14.2 Å². The summed E-state index contributed by atoms with van der Waals surface area (Å²) < 4.78 is 23.7. The number of aldehydes is 1. The minimum absolute atomic E-state index is 0.307. The van der Waals surface area contributed by atoms with E-state index in [2.05, 4.69) is 6.58 Å². The lowest BCUT2D eigenvalue weighted by molar-refractivity contribution is 0.111. The third-order valence-corrected chi connectivity index (χ3v) is 5.95. The molecule has 0 bridgehead atoms. The van der Waals surface area contributed by atoms with E-state index in [0.29, 0.717) is 35.0 Å². The highest BCUT2D eigenvalue weighted by atomic mass is 16.5. The van der Waals surface area contributed by atoms with Crippen molar-refractivity contribution < 1.29 is 23.7 Å². The summed E-state index contributed by atoms with van der Waals surface area (Å²) in [7, 11) is 4.85. The molecule has 0 aliphatic heterocycles. The molecule has 164 valence electrons. The quantitative estimate of drug-likeness (QED) is 0.462. The molecule has 0 spiro atoms. The van der Waals surface area contributed by atoms with Gasteiger partial charge in [0.05, 0.1) is 19.8 Å². The highest BCUT2D eigenvalue weighted by Crippen LogP contribution is 2.54. The Balaban J connectivity index is 2.00. The smallest absolute Gasteiger partial charge is 0.154 e. The third-order valence-electron chi connectivity index (χ3n) is 5.95. The van der Waals surface area contributed by atoms with Crippen molar-refractivity contribution in [3.05, 3.63) is 94.1 Å². The summed E-state index contributed by atoms with van der Waals surface area (Å²) in [6, 6.07) is 15.6. The fourth-order valence-electron chi connectivity index (χ4n) is 4.46. The second kappa shape index (κ2) is 8.89. The maximum absolute atomic E-state index is 12.2. The first-order chi connectivity index (χ1) is 15.6. The molecule has 1 atom stereocenters. The van der Waals surface area contributed by atoms with E-state index < -0.39 is 6.10 Å². The molecule has 0 fully saturated rings. The molecule has 32 heavy (non-hydrogen) atoms. The molecular weight excluding hydrogens is 404 g/mol. The van der Waals surface area contributed by atoms with Crippen LogP contribution in [0, 0.1) is 6.92 Å². The standard InChI is InChI=1S/C27H26O5/c1-16-19-12-9-13-21(29-3)23(19)27(31-5)24-22(16)25(30-4)17(2)20(14-28)26(24)32-15-18-10-7-6-8-11-18/h6-14,27H,1,15H2,2-5H3/t27-/m1/s1. The molecule has 3 aromatic rings. The predicted octanol–water partition coefficient (Wildman–Crippen LogP) is 5.51. The summed E-state index contributed by atoms with van der Waals surface area (Å²) in [6.07, 6.45) is 0.284. The van der Waals surface area contributed by atoms with Gasteiger partial charge in [0.25, 0.3) is 0 Å². The molecule has 5 heteroatoms. The van der Waals surface area contributed by atoms with Gasteiger partial charge in [-0.25, -0.2) is 0 Å². The van der Waals surface area contributed by atoms with Crippen molar-refractivity contribution in [1.82, 2.24) is 0 Å². The lowest BCUT2D eigenvalue weighted by Gasteiger charge is -2.34. The van der Waals surface area contributed by atoms with E-state index in [1.54, 1.807) is 21.3 Å². The van der Waals surface area contributed by atoms with Crippen molar-refractivity contribution >= 4 is 11.9 Å². The molecule has 0 heterocycles. The predicted molar refractivity (Wildman–Crippen MR) is 124 cm³/mol. The first-order valence-corrected chi connectivity index (χ1v) is 10.3. The van der Waals surface area contributed by atoms with Crippen LogP contribution >= 0.6 is 0 Å². The molecule has 0 saturated carbocycles. The molecule has 0 amide bonds. The van der Waals surface area contributed by atoms with Crippen molar-refractivity contribution in [1.29, 1.82) is 0 Å². The summed E-state index contributed by atoms with van der Waals surface area (Å²) in [4.78, 5) is 12.2. The molecule has 4 rings (SSSR count). The number of carbonyl (C=O) groups excluding carboxylic acids is 1. The number of rotatable bonds is 7. The van der Waals surface area contributed by atoms with Crippen molar-refractivity contribution in [3.8, 4) is 17.2 Å². The van der Waals surface area contributed by atoms with Gasteiger partial charge in [-0.1, -0.05) is 49.0 Å². The lowest BCUT2D eigenvalue weighted by Crippen LogP contribution is -2.20. The van der Waals surface area contributed by atoms with E-state index >= 15 is 0 Å². The van der Waals surface area contributed by atoms with Crippen LogP contribution in [0.15, 0.2) is 55.1 Å². The van der Waals surface area contributed by atoms with Crippen LogP contribution in [0.5, 0.6) is 17.2 Å². The van der Waals surface area contributed by atoms with E-state index in [1.165, 1.54) is 0 Å². The van der Waals surface area contributed by atoms with Gasteiger partial charge in [0.2, 0.25) is 0 Å². The Labute approximate surface area is 188 Å². The van der Waals surface area contributed by atoms with Crippen LogP contribution in [0.4, 0.5) is 0 Å². The fraction of sp³-hybridized carbons (Fsp3) is 0.222. The van der Waals surface area contributed by atoms with Crippen LogP contribution in [-0.2, 0) is 11.3 Å². The first-order valence-electron chi connectivity index (χ1n) is 10.3. The van der Waals surface area contributed by atoms with Crippen molar-refractivity contribution in [2.75, 3.05) is 21.3 Å². The number of benzene rings is 3. The van der Waals surface area contributed by atoms with Gasteiger partial charge in [-0.15, -0.1) is 0 Å². The molecule has 0 N–H and O–H groups in total. The minimum atomic E-state index is -0.527. The Bertz CT molecular complexity index is 1180. The lowest BCUT2D eigenvalue weighted by atomic mass is 9.77. The van der Waals surface area contributed by atoms with Gasteiger partial charge in [0.1, 0.15) is 30.0 Å². The molecular formula is C27H26O5. The Kier molecular flexibility index (Phi) is 6.01. The normalized spacial score (nSPS) is 14.4. The number of hydrogen-bond donors (Lipinski definition) is 0. The number of carbonyl (C=O) groups is 1. The zero-order valence-electron chi connectivity index (χ0n) is 18.7. The number of hydrogen-bond acceptors (Lipinski definition) is 5. The second-order valence-electron chi connectivity index (χ2n) is 7.60. The van der Waals surface area contributed by atoms with Gasteiger partial charge >= 0.3 is 0 Å². The molecule has 1 aliphatic carbocycles. The zero-order chi connectivity index (χ0) is 22.8. The Morgan fingerprint density at radius 1 is 0.938 bits per heavy atom. The molecule has 0 aromatic heterocycles. The van der Waals surface area contributed by atoms with E-state index in [0.717, 1.165) is 39.7 Å². The van der Waals surface area contributed by atoms with Gasteiger partial charge in [-0.3, -0.25) is 4.79 Å². The largest absolute Gasteiger partial charge is 0.496 e. The summed E-state index contributed by atoms with van der Waals surface area (Å²) in [6.45, 7) is 6.53. The summed E-state index contributed by atoms with van der Waals surface area (Å²) in [5.74, 6) is 1.75. The van der Waals surface area contributed by atoms with Gasteiger partial charge < -0.3 is 18.9 Å². The highest BCUT2D eigenvalue weighted by Gasteiger charge is 2.38. The van der Waals surface area contributed by atoms with Crippen molar-refractivity contribution in [2.45, 2.75) is 19.6 Å². The Hall–Kier alpha value is -3.57. The van der Waals surface area contributed by atoms with E-state index in [-0.39, 0.29) is 0 Å². The average molecular weight is 431 g/mol. The minimum Gasteiger partial charge on any atom is -0.496 e. The van der Waals surface area contributed by atoms with Gasteiger partial charge in [0.15, 0.2) is 6.29 Å². The van der Waals surface area contributed by atoms with Crippen LogP contribution in [0.25, 0.3) is 5.57 Å². The average Bonchev–Trinajstić information content (AvgIpc) is 2.83. The van der Waals surface area contributed by atoms with Crippen LogP contribution in [0.3, 0.4) is 0 Å². The molecule has 0 radical (unpaired) electrons. The van der Waals surface area contributed by atoms with Crippen LogP contribution in [0.2, 0.25) is 0 Å². The molecule has 0 saturated heterocycles. The summed E-state index contributed by atoms with van der Waals surface area (Å²) in [5.41, 5.74) is 6.16. The fourth-order valence-corrected chi connectivity index (χ4v) is 4.46. The molecule has 0 unspecified atom stereocenters. The van der Waals surface area contributed by atoms with Crippen molar-refractivity contribution in [3.63, 3.8) is 0 Å². The zero-order valence-corrected chi connectivity index (χ0v) is 18.7. The summed E-state index contributed by atoms with van der Waals surface area (Å²) in [5, 5.41) is 0. The summed E-state index contributed by atoms with van der Waals surface area (Å²) >= 11 is 0. The van der Waals surface area contributed by atoms with E-state index in [4.69, 9.17) is 18.9 Å². The molecule has 3 aromatic carbocycles. The van der Waals surface area contributed by atoms with Crippen LogP contribution in [-0.4, -0.2) is 27.6 Å². The number of methoxy groups -OCH3 is 3. The van der Waals surface area contributed by atoms with E-state index in [1.807, 2.05) is 55.5 Å². The topological polar surface area (TPSA) is 54.0 Å². The third kappa shape index (κ3) is 3.35. The monoisotopic (exact) mass is 430 g/mol. The van der Waals surface area contributed by atoms with E-state index in [9.17, 15) is 4.79 Å². The van der Waals surface area contributed by atoms with Gasteiger partial charge in [-0.05, 0) is 29.7 Å². The number of fused-ring (bicyclic) bond motifs is 2. The van der Waals surface area contributed by atoms with Crippen LogP contribution in [0.1, 0.15) is 49.8 Å². The second-order valence-corrected chi connectivity index (χ2v) is 7.60. The maximum atomic E-state index is 12.2. The SMILES string of the molecule is C=C1c2cccc(OC)c2[C@@H](OC)c2c(OCc3ccccc3)c(C=O)c(C)c(OC)c21. The number of ether oxygens (including phenoxy) is 4. The van der Waals surface area contributed by atoms with Gasteiger partial charge in [-0.2, -0.15) is 0 Å². The molecule has 5 nitrogen and oxygen atoms in total. The first kappa shape index (κ1) is 21.7. The Morgan fingerprint density at radius 3 is 2.31 bits per heavy atom. The maximum Gasteiger partial charge on any atom is 0.154 e.